The highest BCUT2D eigenvalue weighted by Crippen LogP contribution is 2.60. The number of nitrogens with zero attached hydrogens (tertiary/aromatic N) is 2. The maximum atomic E-state index is 14.4. The minimum absolute atomic E-state index is 0.117. The molecular formula is C31H40BrN3O7. The fraction of sp³-hybridized carbons (Fsp3) is 0.548. The summed E-state index contributed by atoms with van der Waals surface area (Å²) < 4.78 is 12.2. The standard InChI is InChI=1S/C31H40BrN3O7/c1-5-7-13-23(37)33-16-20(4)41-30(40)24-25-28(38)35(19(3)18-36)27(31(25)15-22(32)26(24)42-31)29(39)34(14-6-2)17-21-11-9-8-10-12-21/h5-6,8-12,19-20,22,24-27,36H,1-2,7,13-18H2,3-4H3,(H,33,37)/t19-,20-,22?,24+,25-,26+,27+,31-/m1/s1. The number of alkyl halides is 1. The van der Waals surface area contributed by atoms with Gasteiger partial charge in [0.2, 0.25) is 17.7 Å². The number of carbonyl (C=O) groups is 4. The normalized spacial score (nSPS) is 29.0. The van der Waals surface area contributed by atoms with Gasteiger partial charge >= 0.3 is 5.97 Å². The van der Waals surface area contributed by atoms with E-state index in [1.165, 1.54) is 4.90 Å². The Morgan fingerprint density at radius 3 is 2.62 bits per heavy atom. The predicted octanol–water partition coefficient (Wildman–Crippen LogP) is 2.34. The number of rotatable bonds is 14. The Kier molecular flexibility index (Phi) is 10.3. The maximum Gasteiger partial charge on any atom is 0.312 e. The molecule has 3 saturated heterocycles. The molecule has 42 heavy (non-hydrogen) atoms. The minimum atomic E-state index is -1.28. The zero-order chi connectivity index (χ0) is 30.6. The van der Waals surface area contributed by atoms with Gasteiger partial charge in [-0.05, 0) is 32.3 Å². The molecule has 2 N–H and O–H groups in total. The molecule has 0 aromatic heterocycles. The van der Waals surface area contributed by atoms with Gasteiger partial charge < -0.3 is 29.7 Å². The Balaban J connectivity index is 1.61. The van der Waals surface area contributed by atoms with E-state index < -0.39 is 53.6 Å². The summed E-state index contributed by atoms with van der Waals surface area (Å²) >= 11 is 3.65. The van der Waals surface area contributed by atoms with E-state index in [1.807, 2.05) is 30.3 Å². The van der Waals surface area contributed by atoms with Crippen molar-refractivity contribution in [2.75, 3.05) is 19.7 Å². The molecule has 3 aliphatic rings. The molecule has 1 aromatic carbocycles. The van der Waals surface area contributed by atoms with Crippen LogP contribution in [0.15, 0.2) is 55.6 Å². The second kappa shape index (κ2) is 13.5. The number of esters is 1. The third-order valence-corrected chi connectivity index (χ3v) is 9.17. The van der Waals surface area contributed by atoms with Gasteiger partial charge in [-0.25, -0.2) is 0 Å². The van der Waals surface area contributed by atoms with Crippen LogP contribution in [0.4, 0.5) is 0 Å². The summed E-state index contributed by atoms with van der Waals surface area (Å²) in [5.41, 5.74) is -0.367. The molecule has 228 valence electrons. The first kappa shape index (κ1) is 31.9. The van der Waals surface area contributed by atoms with Gasteiger partial charge in [0.25, 0.3) is 0 Å². The summed E-state index contributed by atoms with van der Waals surface area (Å²) in [5.74, 6) is -3.45. The van der Waals surface area contributed by atoms with Crippen molar-refractivity contribution < 1.29 is 33.8 Å². The van der Waals surface area contributed by atoms with Crippen molar-refractivity contribution in [3.8, 4) is 0 Å². The van der Waals surface area contributed by atoms with Gasteiger partial charge in [-0.1, -0.05) is 58.4 Å². The Bertz CT molecular complexity index is 1200. The molecule has 1 unspecified atom stereocenters. The van der Waals surface area contributed by atoms with Crippen LogP contribution in [0.25, 0.3) is 0 Å². The average molecular weight is 647 g/mol. The quantitative estimate of drug-likeness (QED) is 0.181. The fourth-order valence-corrected chi connectivity index (χ4v) is 7.38. The number of amides is 3. The molecule has 3 fully saturated rings. The van der Waals surface area contributed by atoms with Crippen molar-refractivity contribution in [1.82, 2.24) is 15.1 Å². The number of aliphatic hydroxyl groups is 1. The number of ether oxygens (including phenoxy) is 2. The van der Waals surface area contributed by atoms with Crippen molar-refractivity contribution in [2.45, 2.75) is 74.4 Å². The third kappa shape index (κ3) is 6.05. The van der Waals surface area contributed by atoms with E-state index in [9.17, 15) is 24.3 Å². The number of benzene rings is 1. The van der Waals surface area contributed by atoms with Gasteiger partial charge in [-0.3, -0.25) is 19.2 Å². The molecule has 4 rings (SSSR count). The van der Waals surface area contributed by atoms with Crippen molar-refractivity contribution in [1.29, 1.82) is 0 Å². The molecule has 1 spiro atoms. The highest BCUT2D eigenvalue weighted by Gasteiger charge is 2.77. The molecule has 8 atom stereocenters. The van der Waals surface area contributed by atoms with Gasteiger partial charge in [0.1, 0.15) is 17.7 Å². The lowest BCUT2D eigenvalue weighted by atomic mass is 9.70. The van der Waals surface area contributed by atoms with Crippen LogP contribution in [0.1, 0.15) is 38.7 Å². The lowest BCUT2D eigenvalue weighted by molar-refractivity contribution is -0.160. The average Bonchev–Trinajstić information content (AvgIpc) is 3.57. The summed E-state index contributed by atoms with van der Waals surface area (Å²) in [7, 11) is 0. The highest BCUT2D eigenvalue weighted by atomic mass is 79.9. The molecule has 0 saturated carbocycles. The summed E-state index contributed by atoms with van der Waals surface area (Å²) in [6, 6.07) is 7.77. The Labute approximate surface area is 255 Å². The number of hydrogen-bond acceptors (Lipinski definition) is 7. The van der Waals surface area contributed by atoms with E-state index in [4.69, 9.17) is 9.47 Å². The number of hydrogen-bond donors (Lipinski definition) is 2. The molecule has 3 heterocycles. The third-order valence-electron chi connectivity index (χ3n) is 8.33. The molecule has 10 nitrogen and oxygen atoms in total. The molecule has 2 bridgehead atoms. The Morgan fingerprint density at radius 2 is 1.98 bits per heavy atom. The lowest BCUT2D eigenvalue weighted by Crippen LogP contribution is -2.58. The monoisotopic (exact) mass is 645 g/mol. The maximum absolute atomic E-state index is 14.4. The zero-order valence-corrected chi connectivity index (χ0v) is 25.7. The number of fused-ring (bicyclic) bond motifs is 1. The first-order valence-electron chi connectivity index (χ1n) is 14.4. The molecule has 3 amide bonds. The second-order valence-electron chi connectivity index (χ2n) is 11.3. The number of halogens is 1. The van der Waals surface area contributed by atoms with Crippen molar-refractivity contribution in [3.05, 3.63) is 61.2 Å². The summed E-state index contributed by atoms with van der Waals surface area (Å²) in [6.45, 7) is 11.1. The lowest BCUT2D eigenvalue weighted by Gasteiger charge is -2.38. The van der Waals surface area contributed by atoms with Gasteiger partial charge in [0.15, 0.2) is 0 Å². The second-order valence-corrected chi connectivity index (χ2v) is 12.5. The van der Waals surface area contributed by atoms with Crippen LogP contribution in [-0.4, -0.2) is 93.0 Å². The minimum Gasteiger partial charge on any atom is -0.460 e. The van der Waals surface area contributed by atoms with E-state index in [0.29, 0.717) is 19.4 Å². The van der Waals surface area contributed by atoms with Gasteiger partial charge in [0, 0.05) is 24.3 Å². The molecule has 0 aliphatic carbocycles. The summed E-state index contributed by atoms with van der Waals surface area (Å²) in [5, 5.41) is 12.8. The number of nitrogens with one attached hydrogen (secondary N) is 1. The summed E-state index contributed by atoms with van der Waals surface area (Å²) in [6.07, 6.45) is 3.12. The van der Waals surface area contributed by atoms with Crippen LogP contribution in [0.3, 0.4) is 0 Å². The van der Waals surface area contributed by atoms with Gasteiger partial charge in [-0.2, -0.15) is 0 Å². The molecule has 0 radical (unpaired) electrons. The zero-order valence-electron chi connectivity index (χ0n) is 24.1. The Hall–Kier alpha value is -3.02. The summed E-state index contributed by atoms with van der Waals surface area (Å²) in [4.78, 5) is 56.8. The van der Waals surface area contributed by atoms with Crippen molar-refractivity contribution in [2.24, 2.45) is 11.8 Å². The van der Waals surface area contributed by atoms with E-state index in [1.54, 1.807) is 30.9 Å². The SMILES string of the molecule is C=CCCC(=O)NC[C@@H](C)OC(=O)[C@@H]1[C@H]2O[C@@]3(CC2Br)[C@H](C(=O)N(CC=C)Cc2ccccc2)N([C@H](C)CO)C(=O)[C@@H]13. The predicted molar refractivity (Wildman–Crippen MR) is 159 cm³/mol. The molecule has 3 aliphatic heterocycles. The van der Waals surface area contributed by atoms with E-state index in [2.05, 4.69) is 34.4 Å². The largest absolute Gasteiger partial charge is 0.460 e. The van der Waals surface area contributed by atoms with Crippen LogP contribution in [0.2, 0.25) is 0 Å². The smallest absolute Gasteiger partial charge is 0.312 e. The van der Waals surface area contributed by atoms with Crippen molar-refractivity contribution in [3.63, 3.8) is 0 Å². The van der Waals surface area contributed by atoms with E-state index >= 15 is 0 Å². The fourth-order valence-electron chi connectivity index (χ4n) is 6.44. The first-order chi connectivity index (χ1) is 20.1. The van der Waals surface area contributed by atoms with Crippen LogP contribution in [0.5, 0.6) is 0 Å². The van der Waals surface area contributed by atoms with E-state index in [-0.39, 0.29) is 42.8 Å². The number of carbonyl (C=O) groups excluding carboxylic acids is 4. The topological polar surface area (TPSA) is 125 Å². The van der Waals surface area contributed by atoms with Crippen LogP contribution in [0, 0.1) is 11.8 Å². The number of aliphatic hydroxyl groups excluding tert-OH is 1. The number of likely N-dealkylation sites (tertiary alicyclic amines) is 1. The molecule has 1 aromatic rings. The molecule has 11 heteroatoms. The molecular weight excluding hydrogens is 606 g/mol. The van der Waals surface area contributed by atoms with Crippen LogP contribution < -0.4 is 5.32 Å². The number of allylic oxidation sites excluding steroid dienone is 1. The Morgan fingerprint density at radius 1 is 1.26 bits per heavy atom. The van der Waals surface area contributed by atoms with Gasteiger partial charge in [-0.15, -0.1) is 13.2 Å². The van der Waals surface area contributed by atoms with Crippen LogP contribution in [-0.2, 0) is 35.2 Å². The van der Waals surface area contributed by atoms with Crippen molar-refractivity contribution >= 4 is 39.6 Å². The van der Waals surface area contributed by atoms with Gasteiger partial charge in [0.05, 0.1) is 37.1 Å². The van der Waals surface area contributed by atoms with Crippen LogP contribution >= 0.6 is 15.9 Å². The highest BCUT2D eigenvalue weighted by molar-refractivity contribution is 9.09. The van der Waals surface area contributed by atoms with E-state index in [0.717, 1.165) is 5.56 Å². The first-order valence-corrected chi connectivity index (χ1v) is 15.3.